The van der Waals surface area contributed by atoms with Crippen molar-refractivity contribution in [3.05, 3.63) is 59.8 Å². The van der Waals surface area contributed by atoms with Gasteiger partial charge in [0, 0.05) is 40.5 Å². The molecule has 1 amide bonds. The van der Waals surface area contributed by atoms with E-state index in [1.807, 2.05) is 58.2 Å². The number of nitrogens with one attached hydrogen (secondary N) is 1. The Morgan fingerprint density at radius 3 is 2.64 bits per heavy atom. The number of carbonyl (C=O) groups excluding carboxylic acids is 1. The Morgan fingerprint density at radius 1 is 1.11 bits per heavy atom. The van der Waals surface area contributed by atoms with Crippen LogP contribution in [0.25, 0.3) is 10.9 Å². The molecule has 1 fully saturated rings. The largest absolute Gasteiger partial charge is 0.444 e. The molecule has 0 saturated heterocycles. The number of anilines is 1. The first-order valence-corrected chi connectivity index (χ1v) is 9.49. The molecule has 0 spiro atoms. The molecule has 28 heavy (non-hydrogen) atoms. The van der Waals surface area contributed by atoms with Gasteiger partial charge in [0.25, 0.3) is 0 Å². The summed E-state index contributed by atoms with van der Waals surface area (Å²) in [6, 6.07) is 11.7. The molecule has 4 rings (SSSR count). The van der Waals surface area contributed by atoms with Crippen LogP contribution in [0.15, 0.2) is 42.6 Å². The Balaban J connectivity index is 1.53. The molecule has 1 aliphatic rings. The molecule has 2 heterocycles. The van der Waals surface area contributed by atoms with Crippen LogP contribution < -0.4 is 5.32 Å². The maximum atomic E-state index is 12.0. The third-order valence-corrected chi connectivity index (χ3v) is 4.67. The van der Waals surface area contributed by atoms with Crippen molar-refractivity contribution in [2.45, 2.75) is 51.6 Å². The van der Waals surface area contributed by atoms with Crippen molar-refractivity contribution in [1.82, 2.24) is 15.0 Å². The van der Waals surface area contributed by atoms with E-state index in [0.717, 1.165) is 34.5 Å². The average Bonchev–Trinajstić information content (AvgIpc) is 3.40. The third-order valence-electron chi connectivity index (χ3n) is 4.67. The van der Waals surface area contributed by atoms with E-state index in [2.05, 4.69) is 27.4 Å². The fourth-order valence-electron chi connectivity index (χ4n) is 3.29. The average molecular weight is 376 g/mol. The number of hydrogen-bond donors (Lipinski definition) is 1. The van der Waals surface area contributed by atoms with Crippen LogP contribution >= 0.6 is 0 Å². The summed E-state index contributed by atoms with van der Waals surface area (Å²) < 4.78 is 5.31. The molecule has 144 valence electrons. The van der Waals surface area contributed by atoms with Gasteiger partial charge < -0.3 is 4.74 Å². The molecule has 3 aromatic rings. The monoisotopic (exact) mass is 376 g/mol. The van der Waals surface area contributed by atoms with E-state index < -0.39 is 11.7 Å². The molecule has 1 aliphatic carbocycles. The number of amides is 1. The zero-order valence-corrected chi connectivity index (χ0v) is 16.6. The number of aryl methyl sites for hydroxylation is 1. The standard InChI is InChI=1S/C22H24N4O2/c1-13-9-10-23-20(24-13)17-12-16(17)18-8-6-14-5-7-15(11-19(14)26-18)25-21(27)28-22(2,3)4/h5-11,16-17H,12H2,1-4H3,(H,25,27)/t16-,17-/m0/s1. The normalized spacial score (nSPS) is 18.7. The number of aromatic nitrogens is 3. The summed E-state index contributed by atoms with van der Waals surface area (Å²) in [5.41, 5.74) is 3.00. The summed E-state index contributed by atoms with van der Waals surface area (Å²) in [6.45, 7) is 7.50. The first-order chi connectivity index (χ1) is 13.3. The minimum absolute atomic E-state index is 0.327. The second kappa shape index (κ2) is 6.86. The molecule has 6 heteroatoms. The SMILES string of the molecule is Cc1ccnc([C@H]2C[C@@H]2c2ccc3ccc(NC(=O)OC(C)(C)C)cc3n2)n1. The number of benzene rings is 1. The van der Waals surface area contributed by atoms with Gasteiger partial charge in [0.1, 0.15) is 11.4 Å². The molecule has 1 saturated carbocycles. The topological polar surface area (TPSA) is 77.0 Å². The molecule has 0 unspecified atom stereocenters. The highest BCUT2D eigenvalue weighted by atomic mass is 16.6. The molecule has 0 radical (unpaired) electrons. The molecular weight excluding hydrogens is 352 g/mol. The predicted molar refractivity (Wildman–Crippen MR) is 108 cm³/mol. The van der Waals surface area contributed by atoms with Gasteiger partial charge in [0.15, 0.2) is 0 Å². The van der Waals surface area contributed by atoms with Gasteiger partial charge in [-0.1, -0.05) is 12.1 Å². The number of pyridine rings is 1. The highest BCUT2D eigenvalue weighted by molar-refractivity contribution is 5.89. The first-order valence-electron chi connectivity index (χ1n) is 9.49. The van der Waals surface area contributed by atoms with Crippen LogP contribution in [0.2, 0.25) is 0 Å². The highest BCUT2D eigenvalue weighted by Crippen LogP contribution is 2.53. The summed E-state index contributed by atoms with van der Waals surface area (Å²) in [4.78, 5) is 25.8. The number of hydrogen-bond acceptors (Lipinski definition) is 5. The predicted octanol–water partition coefficient (Wildman–Crippen LogP) is 4.95. The van der Waals surface area contributed by atoms with Gasteiger partial charge in [-0.15, -0.1) is 0 Å². The summed E-state index contributed by atoms with van der Waals surface area (Å²) >= 11 is 0. The van der Waals surface area contributed by atoms with E-state index >= 15 is 0 Å². The van der Waals surface area contributed by atoms with Crippen LogP contribution in [-0.2, 0) is 4.74 Å². The molecule has 0 aliphatic heterocycles. The lowest BCUT2D eigenvalue weighted by molar-refractivity contribution is 0.0636. The summed E-state index contributed by atoms with van der Waals surface area (Å²) in [7, 11) is 0. The molecule has 2 atom stereocenters. The van der Waals surface area contributed by atoms with E-state index in [9.17, 15) is 4.79 Å². The van der Waals surface area contributed by atoms with Crippen LogP contribution in [0.1, 0.15) is 56.2 Å². The van der Waals surface area contributed by atoms with Crippen molar-refractivity contribution in [2.24, 2.45) is 0 Å². The number of rotatable bonds is 3. The van der Waals surface area contributed by atoms with Crippen molar-refractivity contribution in [2.75, 3.05) is 5.32 Å². The lowest BCUT2D eigenvalue weighted by atomic mass is 10.1. The Labute approximate surface area is 164 Å². The Bertz CT molecular complexity index is 1040. The van der Waals surface area contributed by atoms with Gasteiger partial charge in [-0.3, -0.25) is 10.3 Å². The van der Waals surface area contributed by atoms with Crippen LogP contribution in [0.5, 0.6) is 0 Å². The summed E-state index contributed by atoms with van der Waals surface area (Å²) in [6.07, 6.45) is 2.36. The fourth-order valence-corrected chi connectivity index (χ4v) is 3.29. The van der Waals surface area contributed by atoms with Gasteiger partial charge in [-0.05, 0) is 58.4 Å². The quantitative estimate of drug-likeness (QED) is 0.700. The highest BCUT2D eigenvalue weighted by Gasteiger charge is 2.42. The van der Waals surface area contributed by atoms with Crippen LogP contribution in [0.4, 0.5) is 10.5 Å². The number of ether oxygens (including phenoxy) is 1. The smallest absolute Gasteiger partial charge is 0.412 e. The maximum absolute atomic E-state index is 12.0. The summed E-state index contributed by atoms with van der Waals surface area (Å²) in [5, 5.41) is 3.80. The molecule has 6 nitrogen and oxygen atoms in total. The second-order valence-electron chi connectivity index (χ2n) is 8.28. The van der Waals surface area contributed by atoms with Crippen molar-refractivity contribution < 1.29 is 9.53 Å². The summed E-state index contributed by atoms with van der Waals surface area (Å²) in [5.74, 6) is 1.56. The van der Waals surface area contributed by atoms with E-state index in [1.54, 1.807) is 0 Å². The third kappa shape index (κ3) is 4.11. The van der Waals surface area contributed by atoms with Crippen LogP contribution in [-0.4, -0.2) is 26.6 Å². The van der Waals surface area contributed by atoms with E-state index in [-0.39, 0.29) is 0 Å². The molecule has 1 aromatic carbocycles. The van der Waals surface area contributed by atoms with Gasteiger partial charge in [0.05, 0.1) is 5.52 Å². The van der Waals surface area contributed by atoms with Gasteiger partial charge in [-0.2, -0.15) is 0 Å². The van der Waals surface area contributed by atoms with E-state index in [0.29, 0.717) is 17.5 Å². The minimum Gasteiger partial charge on any atom is -0.444 e. The zero-order valence-electron chi connectivity index (χ0n) is 16.6. The molecule has 1 N–H and O–H groups in total. The van der Waals surface area contributed by atoms with Crippen LogP contribution in [0.3, 0.4) is 0 Å². The maximum Gasteiger partial charge on any atom is 0.412 e. The molecule has 2 aromatic heterocycles. The fraction of sp³-hybridized carbons (Fsp3) is 0.364. The van der Waals surface area contributed by atoms with E-state index in [4.69, 9.17) is 9.72 Å². The molecular formula is C22H24N4O2. The lowest BCUT2D eigenvalue weighted by Gasteiger charge is -2.19. The number of fused-ring (bicyclic) bond motifs is 1. The number of nitrogens with zero attached hydrogens (tertiary/aromatic N) is 3. The van der Waals surface area contributed by atoms with Gasteiger partial charge >= 0.3 is 6.09 Å². The minimum atomic E-state index is -0.537. The zero-order chi connectivity index (χ0) is 19.9. The van der Waals surface area contributed by atoms with Gasteiger partial charge in [0.2, 0.25) is 0 Å². The van der Waals surface area contributed by atoms with Crippen LogP contribution in [0, 0.1) is 6.92 Å². The Kier molecular flexibility index (Phi) is 4.49. The Morgan fingerprint density at radius 2 is 1.89 bits per heavy atom. The number of carbonyl (C=O) groups is 1. The van der Waals surface area contributed by atoms with Crippen molar-refractivity contribution in [1.29, 1.82) is 0 Å². The van der Waals surface area contributed by atoms with E-state index in [1.165, 1.54) is 0 Å². The molecule has 0 bridgehead atoms. The van der Waals surface area contributed by atoms with Gasteiger partial charge in [-0.25, -0.2) is 14.8 Å². The van der Waals surface area contributed by atoms with Crippen molar-refractivity contribution in [3.63, 3.8) is 0 Å². The second-order valence-corrected chi connectivity index (χ2v) is 8.28. The van der Waals surface area contributed by atoms with Crippen molar-refractivity contribution >= 4 is 22.7 Å². The first kappa shape index (κ1) is 18.3. The van der Waals surface area contributed by atoms with Crippen molar-refractivity contribution in [3.8, 4) is 0 Å². The lowest BCUT2D eigenvalue weighted by Crippen LogP contribution is -2.27. The Hall–Kier alpha value is -3.02.